The van der Waals surface area contributed by atoms with Crippen LogP contribution in [0, 0.1) is 11.8 Å². The summed E-state index contributed by atoms with van der Waals surface area (Å²) < 4.78 is 6.47. The van der Waals surface area contributed by atoms with Crippen LogP contribution in [-0.2, 0) is 19.1 Å². The molecule has 0 saturated carbocycles. The highest BCUT2D eigenvalue weighted by Crippen LogP contribution is 2.60. The number of carbonyl (C=O) groups is 3. The maximum atomic E-state index is 14.0. The Morgan fingerprint density at radius 1 is 1.33 bits per heavy atom. The van der Waals surface area contributed by atoms with Crippen molar-refractivity contribution < 1.29 is 24.2 Å². The second-order valence-corrected chi connectivity index (χ2v) is 10.5. The number of nitrogens with zero attached hydrogens (tertiary/aromatic N) is 3. The van der Waals surface area contributed by atoms with Gasteiger partial charge >= 0.3 is 0 Å². The highest BCUT2D eigenvalue weighted by atomic mass is 79.9. The summed E-state index contributed by atoms with van der Waals surface area (Å²) in [6.07, 6.45) is 5.00. The van der Waals surface area contributed by atoms with Crippen molar-refractivity contribution in [1.29, 1.82) is 0 Å². The van der Waals surface area contributed by atoms with Gasteiger partial charge < -0.3 is 24.5 Å². The van der Waals surface area contributed by atoms with Crippen molar-refractivity contribution in [2.75, 3.05) is 33.3 Å². The zero-order valence-electron chi connectivity index (χ0n) is 19.8. The Morgan fingerprint density at radius 2 is 2.00 bits per heavy atom. The summed E-state index contributed by atoms with van der Waals surface area (Å²) in [7, 11) is 1.68. The number of hydrogen-bond donors (Lipinski definition) is 1. The van der Waals surface area contributed by atoms with Crippen molar-refractivity contribution in [3.63, 3.8) is 0 Å². The lowest BCUT2D eigenvalue weighted by Crippen LogP contribution is -2.58. The number of aliphatic hydroxyl groups excluding tert-OH is 1. The lowest BCUT2D eigenvalue weighted by molar-refractivity contribution is -0.150. The summed E-state index contributed by atoms with van der Waals surface area (Å²) >= 11 is 3.66. The van der Waals surface area contributed by atoms with Gasteiger partial charge in [-0.25, -0.2) is 0 Å². The minimum atomic E-state index is -1.11. The first-order valence-corrected chi connectivity index (χ1v) is 12.6. The van der Waals surface area contributed by atoms with Gasteiger partial charge in [0.1, 0.15) is 11.6 Å². The van der Waals surface area contributed by atoms with Gasteiger partial charge in [-0.2, -0.15) is 0 Å². The van der Waals surface area contributed by atoms with E-state index in [1.165, 1.54) is 4.90 Å². The zero-order valence-corrected chi connectivity index (χ0v) is 21.4. The molecule has 4 unspecified atom stereocenters. The first-order chi connectivity index (χ1) is 15.7. The number of fused-ring (bicyclic) bond motifs is 1. The van der Waals surface area contributed by atoms with Gasteiger partial charge in [0, 0.05) is 37.6 Å². The monoisotopic (exact) mass is 525 g/mol. The summed E-state index contributed by atoms with van der Waals surface area (Å²) in [6, 6.07) is -0.939. The highest BCUT2D eigenvalue weighted by Gasteiger charge is 2.76. The third-order valence-electron chi connectivity index (χ3n) is 7.28. The number of ether oxygens (including phenoxy) is 1. The summed E-state index contributed by atoms with van der Waals surface area (Å²) in [5.74, 6) is -2.16. The molecule has 184 valence electrons. The van der Waals surface area contributed by atoms with E-state index >= 15 is 0 Å². The van der Waals surface area contributed by atoms with Crippen LogP contribution in [0.25, 0.3) is 0 Å². The maximum Gasteiger partial charge on any atom is 0.248 e. The van der Waals surface area contributed by atoms with E-state index in [4.69, 9.17) is 4.74 Å². The SMILES string of the molecule is C=CCN(C)C(=O)[C@H]1[C@H]2C(=O)N(CCO)C(C(=O)N(CC=C)C(C)CCC)C23CC(Br)[C@@H]1O3. The molecule has 3 amide bonds. The Labute approximate surface area is 204 Å². The maximum absolute atomic E-state index is 14.0. The highest BCUT2D eigenvalue weighted by molar-refractivity contribution is 9.09. The molecule has 3 fully saturated rings. The van der Waals surface area contributed by atoms with Crippen LogP contribution in [0.1, 0.15) is 33.1 Å². The minimum Gasteiger partial charge on any atom is -0.395 e. The number of likely N-dealkylation sites (tertiary alicyclic amines) is 1. The molecule has 2 bridgehead atoms. The molecule has 3 aliphatic rings. The van der Waals surface area contributed by atoms with Crippen LogP contribution in [0.3, 0.4) is 0 Å². The molecule has 1 spiro atoms. The molecule has 1 N–H and O–H groups in total. The van der Waals surface area contributed by atoms with Gasteiger partial charge in [0.2, 0.25) is 17.7 Å². The third kappa shape index (κ3) is 4.17. The first-order valence-electron chi connectivity index (χ1n) is 11.7. The van der Waals surface area contributed by atoms with Gasteiger partial charge in [-0.15, -0.1) is 13.2 Å². The molecule has 33 heavy (non-hydrogen) atoms. The number of carbonyl (C=O) groups excluding carboxylic acids is 3. The fourth-order valence-electron chi connectivity index (χ4n) is 5.93. The largest absolute Gasteiger partial charge is 0.395 e. The number of likely N-dealkylation sites (N-methyl/N-ethyl adjacent to an activating group) is 1. The van der Waals surface area contributed by atoms with Crippen molar-refractivity contribution in [1.82, 2.24) is 14.7 Å². The quantitative estimate of drug-likeness (QED) is 0.326. The number of alkyl halides is 1. The molecule has 3 rings (SSSR count). The van der Waals surface area contributed by atoms with Crippen LogP contribution in [0.15, 0.2) is 25.3 Å². The van der Waals surface area contributed by atoms with Crippen molar-refractivity contribution in [2.45, 2.75) is 61.7 Å². The van der Waals surface area contributed by atoms with Crippen LogP contribution >= 0.6 is 15.9 Å². The van der Waals surface area contributed by atoms with Crippen LogP contribution in [-0.4, -0.2) is 99.4 Å². The van der Waals surface area contributed by atoms with Gasteiger partial charge in [0.05, 0.1) is 24.5 Å². The van der Waals surface area contributed by atoms with Crippen molar-refractivity contribution in [2.24, 2.45) is 11.8 Å². The van der Waals surface area contributed by atoms with Crippen molar-refractivity contribution in [3.05, 3.63) is 25.3 Å². The van der Waals surface area contributed by atoms with E-state index < -0.39 is 29.6 Å². The van der Waals surface area contributed by atoms with E-state index in [9.17, 15) is 19.5 Å². The number of aliphatic hydroxyl groups is 1. The molecular weight excluding hydrogens is 490 g/mol. The fourth-order valence-corrected chi connectivity index (χ4v) is 6.88. The standard InChI is InChI=1S/C24H36BrN3O5/c1-6-9-15(4)27(11-8-3)23(32)20-24-14-16(25)19(33-24)17(21(30)26(5)10-7-2)18(24)22(31)28(20)12-13-29/h7-8,15-20,29H,2-3,6,9-14H2,1,4-5H3/t15?,16?,17-,18-,19-,20?,24?/m0/s1. The molecule has 0 aliphatic carbocycles. The van der Waals surface area contributed by atoms with Crippen LogP contribution < -0.4 is 0 Å². The van der Waals surface area contributed by atoms with E-state index in [1.54, 1.807) is 29.0 Å². The Bertz CT molecular complexity index is 807. The first kappa shape index (κ1) is 25.9. The summed E-state index contributed by atoms with van der Waals surface area (Å²) in [6.45, 7) is 12.0. The van der Waals surface area contributed by atoms with E-state index in [0.717, 1.165) is 12.8 Å². The van der Waals surface area contributed by atoms with Crippen molar-refractivity contribution >= 4 is 33.7 Å². The molecule has 0 radical (unpaired) electrons. The van der Waals surface area contributed by atoms with E-state index in [0.29, 0.717) is 19.5 Å². The molecule has 8 nitrogen and oxygen atoms in total. The smallest absolute Gasteiger partial charge is 0.248 e. The van der Waals surface area contributed by atoms with Crippen LogP contribution in [0.4, 0.5) is 0 Å². The van der Waals surface area contributed by atoms with Gasteiger partial charge in [0.15, 0.2) is 0 Å². The average Bonchev–Trinajstić information content (AvgIpc) is 3.35. The Kier molecular flexibility index (Phi) is 8.07. The normalized spacial score (nSPS) is 33.1. The van der Waals surface area contributed by atoms with Gasteiger partial charge in [0.25, 0.3) is 0 Å². The number of β-amino-alcohol motifs (C(OH)–C–C–N with tert-alkyl or cyclic N) is 1. The Hall–Kier alpha value is -1.71. The lowest BCUT2D eigenvalue weighted by Gasteiger charge is -2.39. The fraction of sp³-hybridized carbons (Fsp3) is 0.708. The molecule has 0 aromatic heterocycles. The Morgan fingerprint density at radius 3 is 2.58 bits per heavy atom. The van der Waals surface area contributed by atoms with Crippen molar-refractivity contribution in [3.8, 4) is 0 Å². The lowest BCUT2D eigenvalue weighted by atomic mass is 9.70. The zero-order chi connectivity index (χ0) is 24.5. The predicted octanol–water partition coefficient (Wildman–Crippen LogP) is 1.57. The molecular formula is C24H36BrN3O5. The topological polar surface area (TPSA) is 90.4 Å². The minimum absolute atomic E-state index is 0.0158. The van der Waals surface area contributed by atoms with Crippen LogP contribution in [0.5, 0.6) is 0 Å². The van der Waals surface area contributed by atoms with Gasteiger partial charge in [-0.3, -0.25) is 14.4 Å². The molecule has 3 heterocycles. The van der Waals surface area contributed by atoms with E-state index in [2.05, 4.69) is 36.0 Å². The molecule has 0 aromatic carbocycles. The van der Waals surface area contributed by atoms with E-state index in [-0.39, 0.29) is 41.7 Å². The van der Waals surface area contributed by atoms with E-state index in [1.807, 2.05) is 6.92 Å². The number of rotatable bonds is 11. The number of amides is 3. The molecule has 0 aromatic rings. The van der Waals surface area contributed by atoms with Gasteiger partial charge in [-0.1, -0.05) is 41.4 Å². The van der Waals surface area contributed by atoms with Crippen LogP contribution in [0.2, 0.25) is 0 Å². The summed E-state index contributed by atoms with van der Waals surface area (Å²) in [5, 5.41) is 9.72. The molecule has 9 heteroatoms. The second-order valence-electron chi connectivity index (χ2n) is 9.34. The predicted molar refractivity (Wildman–Crippen MR) is 129 cm³/mol. The third-order valence-corrected chi connectivity index (χ3v) is 8.12. The molecule has 3 aliphatic heterocycles. The average molecular weight is 526 g/mol. The van der Waals surface area contributed by atoms with Gasteiger partial charge in [-0.05, 0) is 19.8 Å². The molecule has 7 atom stereocenters. The summed E-state index contributed by atoms with van der Waals surface area (Å²) in [5.41, 5.74) is -1.11. The molecule has 3 saturated heterocycles. The Balaban J connectivity index is 2.05. The second kappa shape index (κ2) is 10.3. The number of hydrogen-bond acceptors (Lipinski definition) is 5. The number of halogens is 1. The summed E-state index contributed by atoms with van der Waals surface area (Å²) in [4.78, 5) is 45.7.